The Morgan fingerprint density at radius 2 is 1.94 bits per heavy atom. The molecule has 2 aliphatic rings. The van der Waals surface area contributed by atoms with Gasteiger partial charge in [-0.15, -0.1) is 0 Å². The Bertz CT molecular complexity index is 249. The van der Waals surface area contributed by atoms with Crippen LogP contribution in [0.4, 0.5) is 0 Å². The summed E-state index contributed by atoms with van der Waals surface area (Å²) < 4.78 is 0. The fourth-order valence-electron chi connectivity index (χ4n) is 2.64. The number of carbonyl (C=O) groups excluding carboxylic acids is 1. The molecule has 2 aliphatic heterocycles. The van der Waals surface area contributed by atoms with Crippen molar-refractivity contribution in [3.05, 3.63) is 0 Å². The number of carbonyl (C=O) groups is 1. The van der Waals surface area contributed by atoms with E-state index < -0.39 is 0 Å². The van der Waals surface area contributed by atoms with Gasteiger partial charge < -0.3 is 15.1 Å². The highest BCUT2D eigenvalue weighted by molar-refractivity contribution is 5.79. The molecule has 0 saturated carbocycles. The summed E-state index contributed by atoms with van der Waals surface area (Å²) in [5.41, 5.74) is 0. The van der Waals surface area contributed by atoms with Crippen LogP contribution in [-0.4, -0.2) is 61.5 Å². The number of amides is 1. The van der Waals surface area contributed by atoms with Crippen molar-refractivity contribution >= 4 is 5.91 Å². The van der Waals surface area contributed by atoms with E-state index in [1.807, 2.05) is 0 Å². The molecule has 1 amide bonds. The zero-order valence-electron chi connectivity index (χ0n) is 10.4. The van der Waals surface area contributed by atoms with Crippen LogP contribution in [0.2, 0.25) is 0 Å². The summed E-state index contributed by atoms with van der Waals surface area (Å²) in [7, 11) is 2.12. The van der Waals surface area contributed by atoms with Crippen LogP contribution in [-0.2, 0) is 4.79 Å². The van der Waals surface area contributed by atoms with E-state index in [1.54, 1.807) is 0 Å². The van der Waals surface area contributed by atoms with E-state index in [0.29, 0.717) is 11.9 Å². The lowest BCUT2D eigenvalue weighted by molar-refractivity contribution is -0.138. The second-order valence-corrected chi connectivity index (χ2v) is 5.21. The van der Waals surface area contributed by atoms with Gasteiger partial charge in [-0.1, -0.05) is 0 Å². The minimum Gasteiger partial charge on any atom is -0.340 e. The Morgan fingerprint density at radius 3 is 2.56 bits per heavy atom. The molecule has 4 heteroatoms. The van der Waals surface area contributed by atoms with Gasteiger partial charge in [-0.3, -0.25) is 4.79 Å². The molecule has 2 atom stereocenters. The third-order valence-corrected chi connectivity index (χ3v) is 3.79. The van der Waals surface area contributed by atoms with Crippen molar-refractivity contribution in [1.29, 1.82) is 0 Å². The number of hydrogen-bond donors (Lipinski definition) is 1. The molecule has 0 aromatic carbocycles. The molecule has 2 unspecified atom stereocenters. The Kier molecular flexibility index (Phi) is 3.82. The highest BCUT2D eigenvalue weighted by atomic mass is 16.2. The predicted octanol–water partition coefficient (Wildman–Crippen LogP) is 0.149. The fourth-order valence-corrected chi connectivity index (χ4v) is 2.64. The molecule has 2 saturated heterocycles. The van der Waals surface area contributed by atoms with Gasteiger partial charge in [-0.2, -0.15) is 0 Å². The van der Waals surface area contributed by atoms with Gasteiger partial charge in [0.15, 0.2) is 0 Å². The number of rotatable bonds is 1. The summed E-state index contributed by atoms with van der Waals surface area (Å²) in [4.78, 5) is 16.6. The maximum absolute atomic E-state index is 12.3. The fraction of sp³-hybridized carbons (Fsp3) is 0.917. The lowest BCUT2D eigenvalue weighted by Gasteiger charge is -2.36. The van der Waals surface area contributed by atoms with E-state index in [4.69, 9.17) is 0 Å². The lowest BCUT2D eigenvalue weighted by Crippen LogP contribution is -2.51. The van der Waals surface area contributed by atoms with Crippen LogP contribution in [0, 0.1) is 5.92 Å². The summed E-state index contributed by atoms with van der Waals surface area (Å²) in [6.45, 7) is 7.02. The highest BCUT2D eigenvalue weighted by Gasteiger charge is 2.29. The second-order valence-electron chi connectivity index (χ2n) is 5.21. The van der Waals surface area contributed by atoms with Crippen molar-refractivity contribution in [2.45, 2.75) is 25.8 Å². The van der Waals surface area contributed by atoms with Gasteiger partial charge in [-0.05, 0) is 33.4 Å². The molecule has 2 heterocycles. The molecule has 1 N–H and O–H groups in total. The topological polar surface area (TPSA) is 35.6 Å². The van der Waals surface area contributed by atoms with Gasteiger partial charge in [0.2, 0.25) is 5.91 Å². The van der Waals surface area contributed by atoms with E-state index in [0.717, 1.165) is 45.6 Å². The quantitative estimate of drug-likeness (QED) is 0.690. The second kappa shape index (κ2) is 5.15. The average Bonchev–Trinajstić information content (AvgIpc) is 2.29. The first-order valence-corrected chi connectivity index (χ1v) is 6.37. The molecule has 16 heavy (non-hydrogen) atoms. The van der Waals surface area contributed by atoms with Gasteiger partial charge in [0.25, 0.3) is 0 Å². The Morgan fingerprint density at radius 1 is 1.25 bits per heavy atom. The highest BCUT2D eigenvalue weighted by Crippen LogP contribution is 2.19. The van der Waals surface area contributed by atoms with Crippen LogP contribution < -0.4 is 5.32 Å². The van der Waals surface area contributed by atoms with Crippen LogP contribution >= 0.6 is 0 Å². The Balaban J connectivity index is 1.86. The molecule has 0 bridgehead atoms. The first-order valence-electron chi connectivity index (χ1n) is 6.37. The molecule has 0 radical (unpaired) electrons. The zero-order chi connectivity index (χ0) is 11.5. The molecule has 0 aliphatic carbocycles. The van der Waals surface area contributed by atoms with Gasteiger partial charge in [0.1, 0.15) is 0 Å². The van der Waals surface area contributed by atoms with E-state index in [-0.39, 0.29) is 5.92 Å². The molecule has 0 spiro atoms. The molecule has 0 aromatic rings. The van der Waals surface area contributed by atoms with Crippen molar-refractivity contribution in [1.82, 2.24) is 15.1 Å². The van der Waals surface area contributed by atoms with Crippen molar-refractivity contribution in [3.8, 4) is 0 Å². The number of nitrogens with zero attached hydrogens (tertiary/aromatic N) is 2. The maximum atomic E-state index is 12.3. The first kappa shape index (κ1) is 11.9. The van der Waals surface area contributed by atoms with E-state index >= 15 is 0 Å². The summed E-state index contributed by atoms with van der Waals surface area (Å²) in [6, 6.07) is 0.496. The van der Waals surface area contributed by atoms with Crippen LogP contribution in [0.3, 0.4) is 0 Å². The van der Waals surface area contributed by atoms with Crippen molar-refractivity contribution < 1.29 is 4.79 Å². The molecule has 2 fully saturated rings. The normalized spacial score (nSPS) is 32.8. The molecule has 2 rings (SSSR count). The van der Waals surface area contributed by atoms with Gasteiger partial charge in [0.05, 0.1) is 0 Å². The van der Waals surface area contributed by atoms with Gasteiger partial charge >= 0.3 is 0 Å². The largest absolute Gasteiger partial charge is 0.340 e. The third kappa shape index (κ3) is 2.74. The molecular weight excluding hydrogens is 202 g/mol. The lowest BCUT2D eigenvalue weighted by atomic mass is 9.92. The summed E-state index contributed by atoms with van der Waals surface area (Å²) in [5.74, 6) is 0.654. The predicted molar refractivity (Wildman–Crippen MR) is 64.3 cm³/mol. The molecule has 0 aromatic heterocycles. The number of piperazine rings is 1. The monoisotopic (exact) mass is 225 g/mol. The standard InChI is InChI=1S/C12H23N3O/c1-10-9-11(3-4-13-10)12(16)15-7-5-14(2)6-8-15/h10-11,13H,3-9H2,1-2H3. The minimum absolute atomic E-state index is 0.264. The SMILES string of the molecule is CC1CC(C(=O)N2CCN(C)CC2)CCN1. The third-order valence-electron chi connectivity index (χ3n) is 3.79. The molecule has 4 nitrogen and oxygen atoms in total. The smallest absolute Gasteiger partial charge is 0.225 e. The summed E-state index contributed by atoms with van der Waals surface area (Å²) in [6.07, 6.45) is 2.01. The van der Waals surface area contributed by atoms with Crippen LogP contribution in [0.25, 0.3) is 0 Å². The average molecular weight is 225 g/mol. The van der Waals surface area contributed by atoms with Crippen LogP contribution in [0.1, 0.15) is 19.8 Å². The first-order chi connectivity index (χ1) is 7.66. The maximum Gasteiger partial charge on any atom is 0.225 e. The Labute approximate surface area is 98.0 Å². The van der Waals surface area contributed by atoms with E-state index in [2.05, 4.69) is 29.1 Å². The molecule has 92 valence electrons. The van der Waals surface area contributed by atoms with E-state index in [1.165, 1.54) is 0 Å². The summed E-state index contributed by atoms with van der Waals surface area (Å²) in [5, 5.41) is 3.40. The van der Waals surface area contributed by atoms with Gasteiger partial charge in [-0.25, -0.2) is 0 Å². The Hall–Kier alpha value is -0.610. The van der Waals surface area contributed by atoms with Crippen LogP contribution in [0.5, 0.6) is 0 Å². The number of nitrogens with one attached hydrogen (secondary N) is 1. The van der Waals surface area contributed by atoms with Gasteiger partial charge in [0, 0.05) is 38.1 Å². The van der Waals surface area contributed by atoms with Crippen LogP contribution in [0.15, 0.2) is 0 Å². The van der Waals surface area contributed by atoms with Crippen molar-refractivity contribution in [2.24, 2.45) is 5.92 Å². The zero-order valence-corrected chi connectivity index (χ0v) is 10.4. The minimum atomic E-state index is 0.264. The molecular formula is C12H23N3O. The number of piperidine rings is 1. The van der Waals surface area contributed by atoms with Crippen molar-refractivity contribution in [2.75, 3.05) is 39.8 Å². The number of likely N-dealkylation sites (N-methyl/N-ethyl adjacent to an activating group) is 1. The van der Waals surface area contributed by atoms with Crippen molar-refractivity contribution in [3.63, 3.8) is 0 Å². The van der Waals surface area contributed by atoms with E-state index in [9.17, 15) is 4.79 Å². The number of hydrogen-bond acceptors (Lipinski definition) is 3. The summed E-state index contributed by atoms with van der Waals surface area (Å²) >= 11 is 0.